The first-order valence-electron chi connectivity index (χ1n) is 8.96. The maximum absolute atomic E-state index is 12.9. The zero-order valence-electron chi connectivity index (χ0n) is 15.6. The molecule has 0 aliphatic carbocycles. The molecule has 1 fully saturated rings. The van der Waals surface area contributed by atoms with Gasteiger partial charge in [-0.2, -0.15) is 9.97 Å². The lowest BCUT2D eigenvalue weighted by molar-refractivity contribution is 0.0516. The third-order valence-corrected chi connectivity index (χ3v) is 4.51. The number of fused-ring (bicyclic) bond motifs is 1. The number of ether oxygens (including phenoxy) is 1. The monoisotopic (exact) mass is 367 g/mol. The Hall–Kier alpha value is -3.10. The third kappa shape index (κ3) is 3.57. The van der Waals surface area contributed by atoms with Crippen molar-refractivity contribution in [3.8, 4) is 5.88 Å². The normalized spacial score (nSPS) is 17.3. The quantitative estimate of drug-likeness (QED) is 0.692. The maximum atomic E-state index is 12.9. The number of piperidine rings is 1. The van der Waals surface area contributed by atoms with Crippen LogP contribution in [0, 0.1) is 20.8 Å². The molecule has 3 aromatic heterocycles. The van der Waals surface area contributed by atoms with Crippen molar-refractivity contribution in [3.63, 3.8) is 0 Å². The molecule has 4 rings (SSSR count). The van der Waals surface area contributed by atoms with Gasteiger partial charge in [-0.3, -0.25) is 4.79 Å². The molecule has 0 saturated carbocycles. The Kier molecular flexibility index (Phi) is 4.43. The number of hydrogen-bond donors (Lipinski definition) is 0. The van der Waals surface area contributed by atoms with Gasteiger partial charge < -0.3 is 9.64 Å². The van der Waals surface area contributed by atoms with E-state index in [-0.39, 0.29) is 17.8 Å². The summed E-state index contributed by atoms with van der Waals surface area (Å²) < 4.78 is 7.54. The lowest BCUT2D eigenvalue weighted by atomic mass is 10.1. The van der Waals surface area contributed by atoms with E-state index in [1.54, 1.807) is 21.7 Å². The number of amides is 1. The predicted molar refractivity (Wildman–Crippen MR) is 96.6 cm³/mol. The minimum Gasteiger partial charge on any atom is -0.472 e. The number of hydrogen-bond acceptors (Lipinski definition) is 7. The Morgan fingerprint density at radius 1 is 1.22 bits per heavy atom. The molecule has 140 valence electrons. The molecule has 0 radical (unpaired) electrons. The van der Waals surface area contributed by atoms with Crippen molar-refractivity contribution < 1.29 is 9.53 Å². The van der Waals surface area contributed by atoms with Gasteiger partial charge in [0.05, 0.1) is 6.54 Å². The van der Waals surface area contributed by atoms with Crippen molar-refractivity contribution in [2.75, 3.05) is 13.1 Å². The molecular formula is C18H21N7O2. The van der Waals surface area contributed by atoms with Gasteiger partial charge in [-0.05, 0) is 39.7 Å². The smallest absolute Gasteiger partial charge is 0.293 e. The summed E-state index contributed by atoms with van der Waals surface area (Å²) in [7, 11) is 0. The molecule has 1 aliphatic heterocycles. The van der Waals surface area contributed by atoms with Crippen molar-refractivity contribution in [1.29, 1.82) is 0 Å². The van der Waals surface area contributed by atoms with Crippen LogP contribution in [0.2, 0.25) is 0 Å². The van der Waals surface area contributed by atoms with Gasteiger partial charge in [0.25, 0.3) is 11.7 Å². The van der Waals surface area contributed by atoms with E-state index in [1.165, 1.54) is 0 Å². The van der Waals surface area contributed by atoms with Gasteiger partial charge in [0.1, 0.15) is 11.9 Å². The summed E-state index contributed by atoms with van der Waals surface area (Å²) in [6, 6.07) is 3.64. The molecule has 1 amide bonds. The number of aromatic nitrogens is 6. The Morgan fingerprint density at radius 3 is 2.89 bits per heavy atom. The molecular weight excluding hydrogens is 346 g/mol. The predicted octanol–water partition coefficient (Wildman–Crippen LogP) is 1.52. The van der Waals surface area contributed by atoms with Gasteiger partial charge in [0, 0.05) is 30.2 Å². The number of nitrogens with zero attached hydrogens (tertiary/aromatic N) is 7. The van der Waals surface area contributed by atoms with Crippen LogP contribution < -0.4 is 4.74 Å². The highest BCUT2D eigenvalue weighted by Gasteiger charge is 2.28. The summed E-state index contributed by atoms with van der Waals surface area (Å²) in [5, 5.41) is 4.34. The van der Waals surface area contributed by atoms with E-state index < -0.39 is 0 Å². The molecule has 1 atom stereocenters. The second kappa shape index (κ2) is 6.90. The molecule has 4 heterocycles. The molecule has 9 heteroatoms. The largest absolute Gasteiger partial charge is 0.472 e. The molecule has 1 unspecified atom stereocenters. The Morgan fingerprint density at radius 2 is 2.07 bits per heavy atom. The first kappa shape index (κ1) is 17.3. The SMILES string of the molecule is Cc1cc(C)n2nc(C(=O)N3CCCC(Oc4ccnc(C)n4)C3)nc2n1. The fourth-order valence-corrected chi connectivity index (χ4v) is 3.29. The van der Waals surface area contributed by atoms with Crippen LogP contribution in [-0.2, 0) is 0 Å². The molecule has 27 heavy (non-hydrogen) atoms. The summed E-state index contributed by atoms with van der Waals surface area (Å²) in [5.41, 5.74) is 1.74. The van der Waals surface area contributed by atoms with Crippen LogP contribution in [0.15, 0.2) is 18.3 Å². The molecule has 0 spiro atoms. The number of likely N-dealkylation sites (tertiary alicyclic amines) is 1. The lowest BCUT2D eigenvalue weighted by Crippen LogP contribution is -2.44. The average molecular weight is 367 g/mol. The van der Waals surface area contributed by atoms with Crippen LogP contribution in [0.25, 0.3) is 5.78 Å². The topological polar surface area (TPSA) is 98.4 Å². The number of rotatable bonds is 3. The highest BCUT2D eigenvalue weighted by atomic mass is 16.5. The Labute approximate surface area is 156 Å². The fraction of sp³-hybridized carbons (Fsp3) is 0.444. The van der Waals surface area contributed by atoms with E-state index in [1.807, 2.05) is 26.8 Å². The van der Waals surface area contributed by atoms with Gasteiger partial charge >= 0.3 is 0 Å². The van der Waals surface area contributed by atoms with E-state index >= 15 is 0 Å². The Balaban J connectivity index is 1.51. The average Bonchev–Trinajstić information content (AvgIpc) is 3.05. The maximum Gasteiger partial charge on any atom is 0.293 e. The highest BCUT2D eigenvalue weighted by molar-refractivity contribution is 5.91. The molecule has 1 aliphatic rings. The van der Waals surface area contributed by atoms with E-state index in [4.69, 9.17) is 4.74 Å². The van der Waals surface area contributed by atoms with E-state index in [0.29, 0.717) is 30.6 Å². The minimum atomic E-state index is -0.204. The molecule has 0 bridgehead atoms. The van der Waals surface area contributed by atoms with Crippen molar-refractivity contribution in [3.05, 3.63) is 41.4 Å². The summed E-state index contributed by atoms with van der Waals surface area (Å²) >= 11 is 0. The van der Waals surface area contributed by atoms with Gasteiger partial charge in [0.2, 0.25) is 11.7 Å². The van der Waals surface area contributed by atoms with E-state index in [2.05, 4.69) is 25.0 Å². The van der Waals surface area contributed by atoms with Crippen LogP contribution in [0.1, 0.15) is 40.7 Å². The highest BCUT2D eigenvalue weighted by Crippen LogP contribution is 2.18. The van der Waals surface area contributed by atoms with Gasteiger partial charge in [-0.15, -0.1) is 5.10 Å². The van der Waals surface area contributed by atoms with E-state index in [0.717, 1.165) is 24.2 Å². The second-order valence-electron chi connectivity index (χ2n) is 6.76. The van der Waals surface area contributed by atoms with Crippen molar-refractivity contribution in [1.82, 2.24) is 34.4 Å². The molecule has 3 aromatic rings. The molecule has 9 nitrogen and oxygen atoms in total. The van der Waals surface area contributed by atoms with Crippen LogP contribution in [0.4, 0.5) is 0 Å². The van der Waals surface area contributed by atoms with Crippen LogP contribution in [0.5, 0.6) is 5.88 Å². The van der Waals surface area contributed by atoms with Crippen LogP contribution in [-0.4, -0.2) is 59.6 Å². The summed E-state index contributed by atoms with van der Waals surface area (Å²) in [5.74, 6) is 1.59. The molecule has 0 aromatic carbocycles. The van der Waals surface area contributed by atoms with Crippen molar-refractivity contribution in [2.45, 2.75) is 39.7 Å². The van der Waals surface area contributed by atoms with Gasteiger partial charge in [-0.25, -0.2) is 14.5 Å². The first-order valence-corrected chi connectivity index (χ1v) is 8.96. The number of carbonyl (C=O) groups excluding carboxylic acids is 1. The molecule has 1 saturated heterocycles. The summed E-state index contributed by atoms with van der Waals surface area (Å²) in [4.78, 5) is 31.6. The van der Waals surface area contributed by atoms with Crippen molar-refractivity contribution in [2.24, 2.45) is 0 Å². The number of carbonyl (C=O) groups is 1. The summed E-state index contributed by atoms with van der Waals surface area (Å²) in [6.07, 6.45) is 3.27. The van der Waals surface area contributed by atoms with Gasteiger partial charge in [0.15, 0.2) is 0 Å². The fourth-order valence-electron chi connectivity index (χ4n) is 3.29. The zero-order valence-corrected chi connectivity index (χ0v) is 15.6. The summed E-state index contributed by atoms with van der Waals surface area (Å²) in [6.45, 7) is 6.76. The standard InChI is InChI=1S/C18H21N7O2/c1-11-9-12(2)25-18(20-11)22-16(23-25)17(26)24-8-4-5-14(10-24)27-15-6-7-19-13(3)21-15/h6-7,9,14H,4-5,8,10H2,1-3H3. The van der Waals surface area contributed by atoms with Crippen molar-refractivity contribution >= 4 is 11.7 Å². The zero-order chi connectivity index (χ0) is 19.0. The van der Waals surface area contributed by atoms with Gasteiger partial charge in [-0.1, -0.05) is 0 Å². The molecule has 0 N–H and O–H groups in total. The first-order chi connectivity index (χ1) is 13.0. The second-order valence-corrected chi connectivity index (χ2v) is 6.76. The number of aryl methyl sites for hydroxylation is 3. The lowest BCUT2D eigenvalue weighted by Gasteiger charge is -2.31. The van der Waals surface area contributed by atoms with Crippen LogP contribution >= 0.6 is 0 Å². The third-order valence-electron chi connectivity index (χ3n) is 4.51. The van der Waals surface area contributed by atoms with Crippen LogP contribution in [0.3, 0.4) is 0 Å². The minimum absolute atomic E-state index is 0.115. The van der Waals surface area contributed by atoms with E-state index in [9.17, 15) is 4.79 Å². The Bertz CT molecular complexity index is 1000.